The van der Waals surface area contributed by atoms with Crippen molar-refractivity contribution in [1.29, 1.82) is 0 Å². The van der Waals surface area contributed by atoms with E-state index in [1.54, 1.807) is 29.0 Å². The Morgan fingerprint density at radius 2 is 1.95 bits per heavy atom. The van der Waals surface area contributed by atoms with Gasteiger partial charge in [0, 0.05) is 0 Å². The molecule has 0 amide bonds. The molecule has 1 aromatic carbocycles. The van der Waals surface area contributed by atoms with Gasteiger partial charge in [0.05, 0.1) is 22.0 Å². The minimum Gasteiger partial charge on any atom is -0.241 e. The van der Waals surface area contributed by atoms with Crippen LogP contribution in [0.15, 0.2) is 41.3 Å². The molecule has 0 spiro atoms. The lowest BCUT2D eigenvalue weighted by molar-refractivity contribution is 0.364. The normalized spacial score (nSPS) is 13.7. The zero-order valence-electron chi connectivity index (χ0n) is 11.7. The molecule has 0 saturated heterocycles. The maximum atomic E-state index is 13.4. The Hall–Kier alpha value is -1.99. The van der Waals surface area contributed by atoms with Crippen LogP contribution in [-0.4, -0.2) is 18.2 Å². The summed E-state index contributed by atoms with van der Waals surface area (Å²) in [5.74, 6) is 0. The third-order valence-electron chi connectivity index (χ3n) is 2.91. The molecular formula is C14H16FN3O2S. The number of benzene rings is 1. The summed E-state index contributed by atoms with van der Waals surface area (Å²) in [7, 11) is -3.73. The van der Waals surface area contributed by atoms with Gasteiger partial charge in [-0.05, 0) is 50.3 Å². The molecule has 1 atom stereocenters. The lowest BCUT2D eigenvalue weighted by atomic mass is 10.2. The van der Waals surface area contributed by atoms with Gasteiger partial charge in [-0.2, -0.15) is 5.10 Å². The number of aromatic nitrogens is 2. The van der Waals surface area contributed by atoms with Gasteiger partial charge in [-0.25, -0.2) is 22.6 Å². The Labute approximate surface area is 122 Å². The first-order valence-electron chi connectivity index (χ1n) is 6.33. The molecule has 0 fully saturated rings. The molecule has 0 aliphatic rings. The Morgan fingerprint density at radius 3 is 2.43 bits per heavy atom. The van der Waals surface area contributed by atoms with Crippen LogP contribution in [0.3, 0.4) is 0 Å². The molecule has 2 N–H and O–H groups in total. The van der Waals surface area contributed by atoms with Crippen molar-refractivity contribution in [2.24, 2.45) is 5.14 Å². The van der Waals surface area contributed by atoms with E-state index in [4.69, 9.17) is 5.14 Å². The molecule has 1 unspecified atom stereocenters. The first-order chi connectivity index (χ1) is 9.82. The van der Waals surface area contributed by atoms with Crippen molar-refractivity contribution in [3.63, 3.8) is 0 Å². The molecule has 1 aromatic heterocycles. The molecule has 0 bridgehead atoms. The standard InChI is InChI=1S/C14H16FN3O2S/c1-3-4-12-9-14(10(2)15)17-18(12)11-5-7-13(8-6-11)21(16,19)20/h3-10H,1-2H3,(H2,16,19,20)/b4-3+. The van der Waals surface area contributed by atoms with Crippen molar-refractivity contribution in [3.8, 4) is 5.69 Å². The van der Waals surface area contributed by atoms with E-state index in [0.29, 0.717) is 17.1 Å². The van der Waals surface area contributed by atoms with E-state index in [0.717, 1.165) is 0 Å². The fourth-order valence-electron chi connectivity index (χ4n) is 1.88. The number of primary sulfonamides is 1. The van der Waals surface area contributed by atoms with E-state index in [9.17, 15) is 12.8 Å². The van der Waals surface area contributed by atoms with Gasteiger partial charge in [-0.15, -0.1) is 0 Å². The third kappa shape index (κ3) is 3.37. The van der Waals surface area contributed by atoms with E-state index >= 15 is 0 Å². The average Bonchev–Trinajstić information content (AvgIpc) is 2.83. The van der Waals surface area contributed by atoms with Crippen LogP contribution in [0.5, 0.6) is 0 Å². The quantitative estimate of drug-likeness (QED) is 0.943. The highest BCUT2D eigenvalue weighted by molar-refractivity contribution is 7.89. The summed E-state index contributed by atoms with van der Waals surface area (Å²) < 4.78 is 37.4. The summed E-state index contributed by atoms with van der Waals surface area (Å²) in [5, 5.41) is 9.26. The van der Waals surface area contributed by atoms with Gasteiger partial charge >= 0.3 is 0 Å². The summed E-state index contributed by atoms with van der Waals surface area (Å²) in [5.41, 5.74) is 1.65. The molecule has 0 radical (unpaired) electrons. The van der Waals surface area contributed by atoms with E-state index < -0.39 is 16.2 Å². The van der Waals surface area contributed by atoms with Crippen molar-refractivity contribution >= 4 is 16.1 Å². The van der Waals surface area contributed by atoms with Crippen LogP contribution in [-0.2, 0) is 10.0 Å². The molecule has 21 heavy (non-hydrogen) atoms. The number of nitrogens with zero attached hydrogens (tertiary/aromatic N) is 2. The minimum atomic E-state index is -3.73. The monoisotopic (exact) mass is 309 g/mol. The second kappa shape index (κ2) is 5.79. The number of alkyl halides is 1. The second-order valence-electron chi connectivity index (χ2n) is 4.56. The first kappa shape index (κ1) is 15.4. The van der Waals surface area contributed by atoms with Crippen molar-refractivity contribution in [2.45, 2.75) is 24.9 Å². The van der Waals surface area contributed by atoms with Gasteiger partial charge in [-0.3, -0.25) is 0 Å². The van der Waals surface area contributed by atoms with Gasteiger partial charge < -0.3 is 0 Å². The van der Waals surface area contributed by atoms with Crippen molar-refractivity contribution in [2.75, 3.05) is 0 Å². The summed E-state index contributed by atoms with van der Waals surface area (Å²) in [6, 6.07) is 7.59. The Bertz CT molecular complexity index is 762. The van der Waals surface area contributed by atoms with Crippen molar-refractivity contribution < 1.29 is 12.8 Å². The molecule has 7 heteroatoms. The largest absolute Gasteiger partial charge is 0.241 e. The fraction of sp³-hybridized carbons (Fsp3) is 0.214. The molecule has 0 saturated carbocycles. The smallest absolute Gasteiger partial charge is 0.238 e. The Balaban J connectivity index is 2.50. The number of nitrogens with two attached hydrogens (primary N) is 1. The SMILES string of the molecule is C/C=C/c1cc(C(C)F)nn1-c1ccc(S(N)(=O)=O)cc1. The van der Waals surface area contributed by atoms with E-state index in [1.165, 1.54) is 19.1 Å². The summed E-state index contributed by atoms with van der Waals surface area (Å²) >= 11 is 0. The van der Waals surface area contributed by atoms with Gasteiger partial charge in [0.25, 0.3) is 0 Å². The fourth-order valence-corrected chi connectivity index (χ4v) is 2.40. The summed E-state index contributed by atoms with van der Waals surface area (Å²) in [4.78, 5) is 0.0186. The third-order valence-corrected chi connectivity index (χ3v) is 3.84. The number of allylic oxidation sites excluding steroid dienone is 1. The highest BCUT2D eigenvalue weighted by Gasteiger charge is 2.13. The van der Waals surface area contributed by atoms with Crippen LogP contribution in [0.4, 0.5) is 4.39 Å². The number of halogens is 1. The lowest BCUT2D eigenvalue weighted by Crippen LogP contribution is -2.12. The van der Waals surface area contributed by atoms with Crippen LogP contribution in [0.1, 0.15) is 31.4 Å². The molecule has 0 aliphatic carbocycles. The van der Waals surface area contributed by atoms with Crippen LogP contribution in [0.2, 0.25) is 0 Å². The van der Waals surface area contributed by atoms with Crippen LogP contribution in [0.25, 0.3) is 11.8 Å². The number of hydrogen-bond acceptors (Lipinski definition) is 3. The molecule has 2 aromatic rings. The van der Waals surface area contributed by atoms with E-state index in [1.807, 2.05) is 13.0 Å². The maximum absolute atomic E-state index is 13.4. The molecule has 1 heterocycles. The molecule has 5 nitrogen and oxygen atoms in total. The molecule has 2 rings (SSSR count). The van der Waals surface area contributed by atoms with Gasteiger partial charge in [-0.1, -0.05) is 6.08 Å². The number of hydrogen-bond donors (Lipinski definition) is 1. The predicted molar refractivity (Wildman–Crippen MR) is 79.2 cm³/mol. The maximum Gasteiger partial charge on any atom is 0.238 e. The van der Waals surface area contributed by atoms with Crippen LogP contribution < -0.4 is 5.14 Å². The summed E-state index contributed by atoms with van der Waals surface area (Å²) in [6.45, 7) is 3.26. The Kier molecular flexibility index (Phi) is 4.24. The second-order valence-corrected chi connectivity index (χ2v) is 6.12. The van der Waals surface area contributed by atoms with Gasteiger partial charge in [0.1, 0.15) is 6.17 Å². The highest BCUT2D eigenvalue weighted by atomic mass is 32.2. The predicted octanol–water partition coefficient (Wildman–Crippen LogP) is 2.58. The summed E-state index contributed by atoms with van der Waals surface area (Å²) in [6.07, 6.45) is 2.43. The van der Waals surface area contributed by atoms with Gasteiger partial charge in [0.2, 0.25) is 10.0 Å². The zero-order chi connectivity index (χ0) is 15.6. The Morgan fingerprint density at radius 1 is 1.33 bits per heavy atom. The van der Waals surface area contributed by atoms with E-state index in [2.05, 4.69) is 5.10 Å². The molecule has 112 valence electrons. The average molecular weight is 309 g/mol. The molecular weight excluding hydrogens is 293 g/mol. The number of rotatable bonds is 4. The van der Waals surface area contributed by atoms with Crippen LogP contribution >= 0.6 is 0 Å². The van der Waals surface area contributed by atoms with Crippen molar-refractivity contribution in [3.05, 3.63) is 47.8 Å². The molecule has 0 aliphatic heterocycles. The highest BCUT2D eigenvalue weighted by Crippen LogP contribution is 2.21. The zero-order valence-corrected chi connectivity index (χ0v) is 12.5. The van der Waals surface area contributed by atoms with E-state index in [-0.39, 0.29) is 4.90 Å². The topological polar surface area (TPSA) is 78.0 Å². The first-order valence-corrected chi connectivity index (χ1v) is 7.87. The van der Waals surface area contributed by atoms with Crippen LogP contribution in [0, 0.1) is 0 Å². The number of sulfonamides is 1. The van der Waals surface area contributed by atoms with Crippen molar-refractivity contribution in [1.82, 2.24) is 9.78 Å². The minimum absolute atomic E-state index is 0.0186. The van der Waals surface area contributed by atoms with Gasteiger partial charge in [0.15, 0.2) is 0 Å². The lowest BCUT2D eigenvalue weighted by Gasteiger charge is -2.05.